The van der Waals surface area contributed by atoms with Crippen LogP contribution in [0.4, 0.5) is 0 Å². The maximum absolute atomic E-state index is 11.9. The van der Waals surface area contributed by atoms with Crippen LogP contribution in [0.25, 0.3) is 10.1 Å². The smallest absolute Gasteiger partial charge is 0.268 e. The predicted octanol–water partition coefficient (Wildman–Crippen LogP) is 2.64. The first-order chi connectivity index (χ1) is 6.77. The topological polar surface area (TPSA) is 22.0 Å². The molecule has 14 heavy (non-hydrogen) atoms. The van der Waals surface area contributed by atoms with Crippen molar-refractivity contribution in [3.8, 4) is 0 Å². The molecule has 2 aromatic rings. The molecule has 1 saturated carbocycles. The Morgan fingerprint density at radius 2 is 2.14 bits per heavy atom. The second kappa shape index (κ2) is 2.70. The van der Waals surface area contributed by atoms with Crippen molar-refractivity contribution in [2.24, 2.45) is 5.92 Å². The standard InChI is InChI=1S/C11H11NOS/c1-7-6-9(7)12-11(13)8-4-2-3-5-10(8)14-12/h2-5,7,9H,6H2,1H3. The normalized spacial score (nSPS) is 25.5. The molecule has 0 aliphatic heterocycles. The van der Waals surface area contributed by atoms with Gasteiger partial charge in [-0.1, -0.05) is 30.6 Å². The van der Waals surface area contributed by atoms with Crippen LogP contribution in [0.5, 0.6) is 0 Å². The number of hydrogen-bond donors (Lipinski definition) is 0. The van der Waals surface area contributed by atoms with Gasteiger partial charge in [0.05, 0.1) is 16.1 Å². The highest BCUT2D eigenvalue weighted by molar-refractivity contribution is 7.13. The molecule has 2 atom stereocenters. The minimum absolute atomic E-state index is 0.194. The van der Waals surface area contributed by atoms with E-state index in [-0.39, 0.29) is 5.56 Å². The zero-order chi connectivity index (χ0) is 9.71. The van der Waals surface area contributed by atoms with Crippen LogP contribution in [-0.4, -0.2) is 3.96 Å². The van der Waals surface area contributed by atoms with E-state index in [9.17, 15) is 4.79 Å². The minimum Gasteiger partial charge on any atom is -0.268 e. The van der Waals surface area contributed by atoms with Crippen LogP contribution in [0.15, 0.2) is 29.1 Å². The molecule has 0 saturated heterocycles. The van der Waals surface area contributed by atoms with E-state index in [2.05, 4.69) is 6.92 Å². The lowest BCUT2D eigenvalue weighted by Crippen LogP contribution is -2.11. The van der Waals surface area contributed by atoms with Gasteiger partial charge in [0.15, 0.2) is 0 Å². The fourth-order valence-corrected chi connectivity index (χ4v) is 3.05. The molecular formula is C11H11NOS. The molecule has 3 rings (SSSR count). The van der Waals surface area contributed by atoms with Crippen molar-refractivity contribution in [1.29, 1.82) is 0 Å². The average molecular weight is 205 g/mol. The van der Waals surface area contributed by atoms with Crippen LogP contribution < -0.4 is 5.56 Å². The zero-order valence-electron chi connectivity index (χ0n) is 7.93. The summed E-state index contributed by atoms with van der Waals surface area (Å²) in [5.41, 5.74) is 0.194. The molecule has 0 bridgehead atoms. The van der Waals surface area contributed by atoms with E-state index < -0.39 is 0 Å². The highest BCUT2D eigenvalue weighted by atomic mass is 32.1. The molecule has 1 fully saturated rings. The van der Waals surface area contributed by atoms with Crippen LogP contribution in [0, 0.1) is 5.92 Å². The number of aromatic nitrogens is 1. The lowest BCUT2D eigenvalue weighted by molar-refractivity contribution is 0.725. The summed E-state index contributed by atoms with van der Waals surface area (Å²) in [6, 6.07) is 8.32. The van der Waals surface area contributed by atoms with Gasteiger partial charge < -0.3 is 0 Å². The Morgan fingerprint density at radius 3 is 2.79 bits per heavy atom. The molecule has 0 radical (unpaired) electrons. The lowest BCUT2D eigenvalue weighted by atomic mass is 10.3. The summed E-state index contributed by atoms with van der Waals surface area (Å²) in [5, 5.41) is 0.872. The maximum Gasteiger partial charge on any atom is 0.268 e. The largest absolute Gasteiger partial charge is 0.268 e. The molecule has 3 heteroatoms. The van der Waals surface area contributed by atoms with Crippen LogP contribution >= 0.6 is 11.5 Å². The number of benzene rings is 1. The van der Waals surface area contributed by atoms with Gasteiger partial charge in [-0.2, -0.15) is 0 Å². The summed E-state index contributed by atoms with van der Waals surface area (Å²) >= 11 is 1.60. The third kappa shape index (κ3) is 1.05. The fraction of sp³-hybridized carbons (Fsp3) is 0.364. The van der Waals surface area contributed by atoms with E-state index in [0.29, 0.717) is 12.0 Å². The van der Waals surface area contributed by atoms with Crippen LogP contribution in [-0.2, 0) is 0 Å². The summed E-state index contributed by atoms with van der Waals surface area (Å²) in [7, 11) is 0. The van der Waals surface area contributed by atoms with Gasteiger partial charge in [0.25, 0.3) is 5.56 Å². The van der Waals surface area contributed by atoms with Gasteiger partial charge in [0, 0.05) is 0 Å². The summed E-state index contributed by atoms with van der Waals surface area (Å²) < 4.78 is 3.05. The fourth-order valence-electron chi connectivity index (χ4n) is 1.84. The molecule has 2 nitrogen and oxygen atoms in total. The molecule has 1 aliphatic rings. The molecule has 72 valence electrons. The third-order valence-corrected chi connectivity index (χ3v) is 4.07. The molecule has 0 N–H and O–H groups in total. The molecule has 2 unspecified atom stereocenters. The van der Waals surface area contributed by atoms with Crippen molar-refractivity contribution in [2.75, 3.05) is 0 Å². The SMILES string of the molecule is CC1CC1n1sc2ccccc2c1=O. The second-order valence-electron chi connectivity index (χ2n) is 4.00. The molecule has 1 aromatic carbocycles. The van der Waals surface area contributed by atoms with Crippen LogP contribution in [0.3, 0.4) is 0 Å². The van der Waals surface area contributed by atoms with E-state index in [0.717, 1.165) is 16.5 Å². The quantitative estimate of drug-likeness (QED) is 0.701. The Bertz CT molecular complexity index is 539. The van der Waals surface area contributed by atoms with Crippen molar-refractivity contribution in [2.45, 2.75) is 19.4 Å². The van der Waals surface area contributed by atoms with Gasteiger partial charge in [-0.15, -0.1) is 0 Å². The average Bonchev–Trinajstić information content (AvgIpc) is 2.82. The van der Waals surface area contributed by atoms with E-state index in [1.54, 1.807) is 11.5 Å². The Morgan fingerprint density at radius 1 is 1.43 bits per heavy atom. The van der Waals surface area contributed by atoms with Gasteiger partial charge in [0.1, 0.15) is 0 Å². The van der Waals surface area contributed by atoms with Crippen LogP contribution in [0.2, 0.25) is 0 Å². The first kappa shape index (κ1) is 8.24. The summed E-state index contributed by atoms with van der Waals surface area (Å²) in [6.07, 6.45) is 1.16. The van der Waals surface area contributed by atoms with E-state index in [1.807, 2.05) is 28.2 Å². The number of nitrogens with zero attached hydrogens (tertiary/aromatic N) is 1. The maximum atomic E-state index is 11.9. The second-order valence-corrected chi connectivity index (χ2v) is 5.01. The molecular weight excluding hydrogens is 194 g/mol. The zero-order valence-corrected chi connectivity index (χ0v) is 8.75. The Balaban J connectivity index is 2.26. The third-order valence-electron chi connectivity index (χ3n) is 2.88. The summed E-state index contributed by atoms with van der Waals surface area (Å²) in [4.78, 5) is 11.9. The number of hydrogen-bond acceptors (Lipinski definition) is 2. The Kier molecular flexibility index (Phi) is 1.59. The van der Waals surface area contributed by atoms with Crippen molar-refractivity contribution < 1.29 is 0 Å². The van der Waals surface area contributed by atoms with Crippen molar-refractivity contribution in [3.63, 3.8) is 0 Å². The van der Waals surface area contributed by atoms with E-state index in [4.69, 9.17) is 0 Å². The Hall–Kier alpha value is -1.09. The first-order valence-corrected chi connectivity index (χ1v) is 5.65. The number of fused-ring (bicyclic) bond motifs is 1. The van der Waals surface area contributed by atoms with E-state index >= 15 is 0 Å². The highest BCUT2D eigenvalue weighted by Gasteiger charge is 2.36. The van der Waals surface area contributed by atoms with E-state index in [1.165, 1.54) is 0 Å². The van der Waals surface area contributed by atoms with Gasteiger partial charge in [0.2, 0.25) is 0 Å². The van der Waals surface area contributed by atoms with Crippen molar-refractivity contribution >= 4 is 21.6 Å². The molecule has 1 aromatic heterocycles. The monoisotopic (exact) mass is 205 g/mol. The Labute approximate surface area is 85.9 Å². The molecule has 1 aliphatic carbocycles. The highest BCUT2D eigenvalue weighted by Crippen LogP contribution is 2.43. The summed E-state index contributed by atoms with van der Waals surface area (Å²) in [6.45, 7) is 2.20. The van der Waals surface area contributed by atoms with Gasteiger partial charge in [-0.05, 0) is 24.5 Å². The molecule has 1 heterocycles. The molecule has 0 amide bonds. The van der Waals surface area contributed by atoms with Gasteiger partial charge in [-0.3, -0.25) is 8.75 Å². The molecule has 0 spiro atoms. The lowest BCUT2D eigenvalue weighted by Gasteiger charge is -1.93. The van der Waals surface area contributed by atoms with Crippen molar-refractivity contribution in [3.05, 3.63) is 34.6 Å². The van der Waals surface area contributed by atoms with Crippen molar-refractivity contribution in [1.82, 2.24) is 3.96 Å². The predicted molar refractivity (Wildman–Crippen MR) is 58.9 cm³/mol. The summed E-state index contributed by atoms with van der Waals surface area (Å²) in [5.74, 6) is 0.681. The van der Waals surface area contributed by atoms with Crippen LogP contribution in [0.1, 0.15) is 19.4 Å². The first-order valence-electron chi connectivity index (χ1n) is 4.88. The van der Waals surface area contributed by atoms with Gasteiger partial charge >= 0.3 is 0 Å². The number of rotatable bonds is 1. The van der Waals surface area contributed by atoms with Gasteiger partial charge in [-0.25, -0.2) is 0 Å². The minimum atomic E-state index is 0.194.